The molecule has 80 valence electrons. The van der Waals surface area contributed by atoms with Crippen LogP contribution in [0.1, 0.15) is 40.5 Å². The van der Waals surface area contributed by atoms with Gasteiger partial charge in [-0.3, -0.25) is 4.79 Å². The average molecular weight is 196 g/mol. The van der Waals surface area contributed by atoms with E-state index in [-0.39, 0.29) is 5.97 Å². The summed E-state index contributed by atoms with van der Waals surface area (Å²) in [6, 6.07) is 0. The zero-order chi connectivity index (χ0) is 11.0. The van der Waals surface area contributed by atoms with E-state index in [9.17, 15) is 4.79 Å². The van der Waals surface area contributed by atoms with Crippen molar-refractivity contribution in [2.24, 2.45) is 5.92 Å². The third-order valence-corrected chi connectivity index (χ3v) is 1.82. The number of ether oxygens (including phenoxy) is 1. The maximum absolute atomic E-state index is 10.4. The standard InChI is InChI=1S/C12H20O2/c1-10(2)6-5-7-11(3)8-9-14-12(4)13/h6,8-9,11H,5,7H2,1-4H3/b9-8+/t11-/m0/s1. The molecular weight excluding hydrogens is 176 g/mol. The van der Waals surface area contributed by atoms with Crippen molar-refractivity contribution in [1.82, 2.24) is 0 Å². The summed E-state index contributed by atoms with van der Waals surface area (Å²) < 4.78 is 4.71. The van der Waals surface area contributed by atoms with E-state index in [2.05, 4.69) is 26.8 Å². The number of esters is 1. The zero-order valence-electron chi connectivity index (χ0n) is 9.54. The van der Waals surface area contributed by atoms with E-state index in [0.717, 1.165) is 12.8 Å². The number of allylic oxidation sites excluding steroid dienone is 3. The van der Waals surface area contributed by atoms with E-state index in [1.54, 1.807) is 0 Å². The molecule has 14 heavy (non-hydrogen) atoms. The molecule has 0 saturated heterocycles. The van der Waals surface area contributed by atoms with Crippen LogP contribution in [0.4, 0.5) is 0 Å². The van der Waals surface area contributed by atoms with Gasteiger partial charge in [0.05, 0.1) is 6.26 Å². The largest absolute Gasteiger partial charge is 0.435 e. The quantitative estimate of drug-likeness (QED) is 0.382. The van der Waals surface area contributed by atoms with Gasteiger partial charge in [0.2, 0.25) is 0 Å². The molecule has 0 heterocycles. The van der Waals surface area contributed by atoms with Gasteiger partial charge in [-0.15, -0.1) is 0 Å². The lowest BCUT2D eigenvalue weighted by molar-refractivity contribution is -0.135. The Morgan fingerprint density at radius 3 is 2.50 bits per heavy atom. The first-order chi connectivity index (χ1) is 6.52. The molecule has 1 atom stereocenters. The highest BCUT2D eigenvalue weighted by molar-refractivity contribution is 5.66. The fourth-order valence-electron chi connectivity index (χ4n) is 1.00. The molecular formula is C12H20O2. The Morgan fingerprint density at radius 1 is 1.36 bits per heavy atom. The molecule has 0 saturated carbocycles. The van der Waals surface area contributed by atoms with Gasteiger partial charge in [0.25, 0.3) is 0 Å². The first-order valence-electron chi connectivity index (χ1n) is 4.99. The van der Waals surface area contributed by atoms with Crippen LogP contribution in [-0.2, 0) is 9.53 Å². The van der Waals surface area contributed by atoms with Crippen molar-refractivity contribution in [2.45, 2.75) is 40.5 Å². The fourth-order valence-corrected chi connectivity index (χ4v) is 1.00. The molecule has 0 aliphatic carbocycles. The lowest BCUT2D eigenvalue weighted by Gasteiger charge is -2.02. The summed E-state index contributed by atoms with van der Waals surface area (Å²) in [5.41, 5.74) is 1.35. The van der Waals surface area contributed by atoms with Gasteiger partial charge in [0.1, 0.15) is 0 Å². The van der Waals surface area contributed by atoms with Crippen molar-refractivity contribution in [1.29, 1.82) is 0 Å². The van der Waals surface area contributed by atoms with Crippen LogP contribution in [0.5, 0.6) is 0 Å². The third kappa shape index (κ3) is 9.04. The number of carbonyl (C=O) groups is 1. The molecule has 0 spiro atoms. The van der Waals surface area contributed by atoms with Crippen molar-refractivity contribution in [3.8, 4) is 0 Å². The van der Waals surface area contributed by atoms with Gasteiger partial charge in [0, 0.05) is 6.92 Å². The summed E-state index contributed by atoms with van der Waals surface area (Å²) >= 11 is 0. The molecule has 0 amide bonds. The van der Waals surface area contributed by atoms with E-state index >= 15 is 0 Å². The van der Waals surface area contributed by atoms with Crippen molar-refractivity contribution in [3.63, 3.8) is 0 Å². The smallest absolute Gasteiger partial charge is 0.307 e. The van der Waals surface area contributed by atoms with Crippen LogP contribution in [0.25, 0.3) is 0 Å². The Balaban J connectivity index is 3.64. The summed E-state index contributed by atoms with van der Waals surface area (Å²) in [6.45, 7) is 7.70. The molecule has 2 nitrogen and oxygen atoms in total. The highest BCUT2D eigenvalue weighted by Gasteiger charge is 1.95. The number of hydrogen-bond donors (Lipinski definition) is 0. The molecule has 0 unspecified atom stereocenters. The van der Waals surface area contributed by atoms with Crippen LogP contribution in [0.3, 0.4) is 0 Å². The first kappa shape index (κ1) is 12.9. The second-order valence-corrected chi connectivity index (χ2v) is 3.77. The van der Waals surface area contributed by atoms with E-state index in [0.29, 0.717) is 5.92 Å². The molecule has 0 aliphatic heterocycles. The third-order valence-electron chi connectivity index (χ3n) is 1.82. The minimum atomic E-state index is -0.266. The normalized spacial score (nSPS) is 12.6. The molecule has 2 heteroatoms. The van der Waals surface area contributed by atoms with Crippen LogP contribution in [0.2, 0.25) is 0 Å². The van der Waals surface area contributed by atoms with Gasteiger partial charge in [-0.05, 0) is 38.7 Å². The monoisotopic (exact) mass is 196 g/mol. The van der Waals surface area contributed by atoms with Crippen LogP contribution in [0, 0.1) is 5.92 Å². The lowest BCUT2D eigenvalue weighted by atomic mass is 10.1. The highest BCUT2D eigenvalue weighted by Crippen LogP contribution is 2.09. The van der Waals surface area contributed by atoms with E-state index < -0.39 is 0 Å². The van der Waals surface area contributed by atoms with Gasteiger partial charge in [-0.1, -0.05) is 18.6 Å². The molecule has 0 aromatic carbocycles. The lowest BCUT2D eigenvalue weighted by Crippen LogP contribution is -1.93. The SMILES string of the molecule is CC(=O)O/C=C/[C@@H](C)CCC=C(C)C. The Kier molecular flexibility index (Phi) is 6.81. The van der Waals surface area contributed by atoms with E-state index in [1.807, 2.05) is 6.08 Å². The van der Waals surface area contributed by atoms with Crippen molar-refractivity contribution >= 4 is 5.97 Å². The van der Waals surface area contributed by atoms with E-state index in [4.69, 9.17) is 4.74 Å². The van der Waals surface area contributed by atoms with Gasteiger partial charge < -0.3 is 4.74 Å². The molecule has 0 fully saturated rings. The Bertz CT molecular complexity index is 222. The van der Waals surface area contributed by atoms with E-state index in [1.165, 1.54) is 18.8 Å². The molecule has 0 bridgehead atoms. The minimum absolute atomic E-state index is 0.266. The zero-order valence-corrected chi connectivity index (χ0v) is 9.54. The number of rotatable bonds is 5. The second kappa shape index (κ2) is 7.36. The van der Waals surface area contributed by atoms with Gasteiger partial charge >= 0.3 is 5.97 Å². The molecule has 0 aliphatic rings. The van der Waals surface area contributed by atoms with Gasteiger partial charge in [-0.25, -0.2) is 0 Å². The number of hydrogen-bond acceptors (Lipinski definition) is 2. The number of carbonyl (C=O) groups excluding carboxylic acids is 1. The summed E-state index contributed by atoms with van der Waals surface area (Å²) in [7, 11) is 0. The fraction of sp³-hybridized carbons (Fsp3) is 0.583. The molecule has 0 aromatic heterocycles. The first-order valence-corrected chi connectivity index (χ1v) is 4.99. The van der Waals surface area contributed by atoms with Crippen LogP contribution in [0.15, 0.2) is 24.0 Å². The van der Waals surface area contributed by atoms with Crippen molar-refractivity contribution in [2.75, 3.05) is 0 Å². The Morgan fingerprint density at radius 2 is 2.00 bits per heavy atom. The molecule has 0 rings (SSSR count). The molecule has 0 radical (unpaired) electrons. The van der Waals surface area contributed by atoms with Gasteiger partial charge in [0.15, 0.2) is 0 Å². The van der Waals surface area contributed by atoms with Crippen LogP contribution >= 0.6 is 0 Å². The maximum Gasteiger partial charge on any atom is 0.307 e. The predicted octanol–water partition coefficient (Wildman–Crippen LogP) is 3.45. The van der Waals surface area contributed by atoms with Crippen molar-refractivity contribution in [3.05, 3.63) is 24.0 Å². The predicted molar refractivity (Wildman–Crippen MR) is 58.7 cm³/mol. The van der Waals surface area contributed by atoms with Crippen LogP contribution < -0.4 is 0 Å². The Hall–Kier alpha value is -1.05. The Labute approximate surface area is 86.6 Å². The van der Waals surface area contributed by atoms with Crippen molar-refractivity contribution < 1.29 is 9.53 Å². The highest BCUT2D eigenvalue weighted by atomic mass is 16.5. The topological polar surface area (TPSA) is 26.3 Å². The average Bonchev–Trinajstić information content (AvgIpc) is 2.02. The summed E-state index contributed by atoms with van der Waals surface area (Å²) in [5.74, 6) is 0.183. The molecule has 0 N–H and O–H groups in total. The summed E-state index contributed by atoms with van der Waals surface area (Å²) in [5, 5.41) is 0. The summed E-state index contributed by atoms with van der Waals surface area (Å²) in [6.07, 6.45) is 7.78. The summed E-state index contributed by atoms with van der Waals surface area (Å²) in [4.78, 5) is 10.4. The van der Waals surface area contributed by atoms with Gasteiger partial charge in [-0.2, -0.15) is 0 Å². The minimum Gasteiger partial charge on any atom is -0.435 e. The maximum atomic E-state index is 10.4. The van der Waals surface area contributed by atoms with Crippen LogP contribution in [-0.4, -0.2) is 5.97 Å². The molecule has 0 aromatic rings. The second-order valence-electron chi connectivity index (χ2n) is 3.77.